The Balaban J connectivity index is 2.66. The first-order chi connectivity index (χ1) is 10.5. The normalized spacial score (nSPS) is 13.2. The fraction of sp³-hybridized carbons (Fsp3) is 0.250. The molecule has 1 aromatic carbocycles. The van der Waals surface area contributed by atoms with Crippen LogP contribution in [0.2, 0.25) is 0 Å². The number of hydrogen-bond donors (Lipinski definition) is 1. The van der Waals surface area contributed by atoms with E-state index in [1.54, 1.807) is 0 Å². The molecule has 114 valence electrons. The van der Waals surface area contributed by atoms with Gasteiger partial charge in [-0.2, -0.15) is 0 Å². The molecule has 0 aliphatic rings. The quantitative estimate of drug-likeness (QED) is 0.934. The third-order valence-corrected chi connectivity index (χ3v) is 3.50. The van der Waals surface area contributed by atoms with Gasteiger partial charge in [-0.05, 0) is 29.2 Å². The Morgan fingerprint density at radius 1 is 1.32 bits per heavy atom. The average molecular weight is 292 g/mol. The van der Waals surface area contributed by atoms with Gasteiger partial charge in [-0.1, -0.05) is 69.9 Å². The molecule has 2 N–H and O–H groups in total. The molecule has 1 heterocycles. The SMILES string of the molecule is C=c1c(N)nc2cc(/C=C/C(C)C)ccc2/c1=C/C=C\CC. The fourth-order valence-electron chi connectivity index (χ4n) is 2.26. The van der Waals surface area contributed by atoms with Crippen molar-refractivity contribution in [3.8, 4) is 0 Å². The molecule has 0 spiro atoms. The molecule has 0 saturated heterocycles. The van der Waals surface area contributed by atoms with Crippen LogP contribution in [0.3, 0.4) is 0 Å². The number of nitrogens with two attached hydrogens (primary N) is 1. The highest BCUT2D eigenvalue weighted by molar-refractivity contribution is 5.84. The number of rotatable bonds is 4. The summed E-state index contributed by atoms with van der Waals surface area (Å²) in [6, 6.07) is 6.28. The second-order valence-corrected chi connectivity index (χ2v) is 5.77. The number of nitrogen functional groups attached to an aromatic ring is 1. The van der Waals surface area contributed by atoms with E-state index in [2.05, 4.69) is 80.9 Å². The van der Waals surface area contributed by atoms with Crippen LogP contribution in [-0.4, -0.2) is 4.98 Å². The van der Waals surface area contributed by atoms with Gasteiger partial charge in [0.25, 0.3) is 0 Å². The molecule has 0 radical (unpaired) electrons. The summed E-state index contributed by atoms with van der Waals surface area (Å²) < 4.78 is 0. The topological polar surface area (TPSA) is 38.9 Å². The van der Waals surface area contributed by atoms with Gasteiger partial charge in [0.15, 0.2) is 0 Å². The van der Waals surface area contributed by atoms with E-state index in [1.165, 1.54) is 0 Å². The number of anilines is 1. The summed E-state index contributed by atoms with van der Waals surface area (Å²) in [6.07, 6.45) is 11.5. The van der Waals surface area contributed by atoms with Crippen molar-refractivity contribution in [3.05, 3.63) is 52.4 Å². The number of allylic oxidation sites excluding steroid dienone is 3. The van der Waals surface area contributed by atoms with Crippen LogP contribution in [0.1, 0.15) is 32.8 Å². The van der Waals surface area contributed by atoms with Gasteiger partial charge in [0.2, 0.25) is 0 Å². The lowest BCUT2D eigenvalue weighted by Gasteiger charge is -2.04. The van der Waals surface area contributed by atoms with Gasteiger partial charge in [-0.25, -0.2) is 4.98 Å². The summed E-state index contributed by atoms with van der Waals surface area (Å²) in [6.45, 7) is 10.5. The molecule has 0 amide bonds. The smallest absolute Gasteiger partial charge is 0.131 e. The van der Waals surface area contributed by atoms with Crippen LogP contribution in [0.4, 0.5) is 5.82 Å². The van der Waals surface area contributed by atoms with Gasteiger partial charge < -0.3 is 5.73 Å². The summed E-state index contributed by atoms with van der Waals surface area (Å²) in [4.78, 5) is 4.49. The molecular weight excluding hydrogens is 268 g/mol. The highest BCUT2D eigenvalue weighted by Gasteiger charge is 2.02. The molecular formula is C20H24N2. The molecule has 0 bridgehead atoms. The van der Waals surface area contributed by atoms with Crippen LogP contribution in [0.15, 0.2) is 36.4 Å². The monoisotopic (exact) mass is 292 g/mol. The van der Waals surface area contributed by atoms with Crippen molar-refractivity contribution in [1.29, 1.82) is 0 Å². The van der Waals surface area contributed by atoms with Gasteiger partial charge in [-0.15, -0.1) is 0 Å². The Hall–Kier alpha value is -2.35. The maximum atomic E-state index is 6.03. The third-order valence-electron chi connectivity index (χ3n) is 3.50. The van der Waals surface area contributed by atoms with Crippen molar-refractivity contribution in [1.82, 2.24) is 4.98 Å². The highest BCUT2D eigenvalue weighted by atomic mass is 14.8. The standard InChI is InChI=1S/C20H24N2/c1-5-6-7-8-17-15(4)20(21)22-19-13-16(10-9-14(2)3)11-12-18(17)19/h6-14H,4-5H2,1-3H3,(H2,21,22)/b7-6-,10-9+,17-8+. The minimum Gasteiger partial charge on any atom is -0.383 e. The predicted molar refractivity (Wildman–Crippen MR) is 98.7 cm³/mol. The van der Waals surface area contributed by atoms with E-state index in [0.29, 0.717) is 11.7 Å². The molecule has 2 aromatic rings. The highest BCUT2D eigenvalue weighted by Crippen LogP contribution is 2.13. The second kappa shape index (κ2) is 7.08. The zero-order valence-electron chi connectivity index (χ0n) is 13.6. The van der Waals surface area contributed by atoms with Crippen LogP contribution >= 0.6 is 0 Å². The minimum absolute atomic E-state index is 0.494. The van der Waals surface area contributed by atoms with Gasteiger partial charge in [0.1, 0.15) is 5.82 Å². The van der Waals surface area contributed by atoms with E-state index in [0.717, 1.165) is 33.3 Å². The number of benzene rings is 1. The molecule has 0 atom stereocenters. The molecule has 22 heavy (non-hydrogen) atoms. The predicted octanol–water partition coefficient (Wildman–Crippen LogP) is 3.64. The lowest BCUT2D eigenvalue weighted by atomic mass is 10.1. The molecule has 0 aliphatic carbocycles. The van der Waals surface area contributed by atoms with Crippen molar-refractivity contribution >= 4 is 35.5 Å². The van der Waals surface area contributed by atoms with Gasteiger partial charge in [0, 0.05) is 10.6 Å². The van der Waals surface area contributed by atoms with Crippen LogP contribution < -0.4 is 16.2 Å². The van der Waals surface area contributed by atoms with Crippen LogP contribution in [0.5, 0.6) is 0 Å². The zero-order valence-corrected chi connectivity index (χ0v) is 13.6. The molecule has 1 aromatic heterocycles. The van der Waals surface area contributed by atoms with Crippen LogP contribution in [0, 0.1) is 5.92 Å². The van der Waals surface area contributed by atoms with Crippen LogP contribution in [-0.2, 0) is 0 Å². The van der Waals surface area contributed by atoms with E-state index in [1.807, 2.05) is 0 Å². The number of pyridine rings is 1. The number of aromatic nitrogens is 1. The third kappa shape index (κ3) is 3.64. The lowest BCUT2D eigenvalue weighted by Crippen LogP contribution is -2.28. The number of hydrogen-bond acceptors (Lipinski definition) is 2. The first kappa shape index (κ1) is 16.0. The largest absolute Gasteiger partial charge is 0.383 e. The van der Waals surface area contributed by atoms with Crippen molar-refractivity contribution in [2.75, 3.05) is 5.73 Å². The maximum absolute atomic E-state index is 6.03. The van der Waals surface area contributed by atoms with Gasteiger partial charge in [-0.3, -0.25) is 0 Å². The summed E-state index contributed by atoms with van der Waals surface area (Å²) >= 11 is 0. The van der Waals surface area contributed by atoms with E-state index < -0.39 is 0 Å². The first-order valence-corrected chi connectivity index (χ1v) is 7.76. The second-order valence-electron chi connectivity index (χ2n) is 5.77. The summed E-state index contributed by atoms with van der Waals surface area (Å²) in [5.74, 6) is 1.02. The van der Waals surface area contributed by atoms with Crippen molar-refractivity contribution in [3.63, 3.8) is 0 Å². The zero-order chi connectivity index (χ0) is 16.1. The van der Waals surface area contributed by atoms with Crippen molar-refractivity contribution < 1.29 is 0 Å². The maximum Gasteiger partial charge on any atom is 0.131 e. The molecule has 2 heteroatoms. The van der Waals surface area contributed by atoms with E-state index in [9.17, 15) is 0 Å². The first-order valence-electron chi connectivity index (χ1n) is 7.76. The van der Waals surface area contributed by atoms with Gasteiger partial charge in [0.05, 0.1) is 5.52 Å². The Bertz CT molecular complexity index is 827. The fourth-order valence-corrected chi connectivity index (χ4v) is 2.26. The molecule has 0 unspecified atom stereocenters. The van der Waals surface area contributed by atoms with E-state index in [4.69, 9.17) is 5.73 Å². The molecule has 0 aliphatic heterocycles. The Morgan fingerprint density at radius 3 is 2.77 bits per heavy atom. The molecule has 0 saturated carbocycles. The molecule has 2 nitrogen and oxygen atoms in total. The Kier molecular flexibility index (Phi) is 5.16. The Labute approximate surface area is 132 Å². The van der Waals surface area contributed by atoms with Crippen molar-refractivity contribution in [2.24, 2.45) is 5.92 Å². The average Bonchev–Trinajstić information content (AvgIpc) is 2.49. The van der Waals surface area contributed by atoms with Crippen LogP contribution in [0.25, 0.3) is 29.6 Å². The summed E-state index contributed by atoms with van der Waals surface area (Å²) in [5.41, 5.74) is 8.08. The van der Waals surface area contributed by atoms with E-state index in [-0.39, 0.29) is 0 Å². The van der Waals surface area contributed by atoms with Crippen molar-refractivity contribution in [2.45, 2.75) is 27.2 Å². The number of nitrogens with zero attached hydrogens (tertiary/aromatic N) is 1. The van der Waals surface area contributed by atoms with E-state index >= 15 is 0 Å². The number of fused-ring (bicyclic) bond motifs is 1. The van der Waals surface area contributed by atoms with Gasteiger partial charge >= 0.3 is 0 Å². The summed E-state index contributed by atoms with van der Waals surface area (Å²) in [7, 11) is 0. The molecule has 0 fully saturated rings. The molecule has 2 rings (SSSR count). The summed E-state index contributed by atoms with van der Waals surface area (Å²) in [5, 5.41) is 2.92. The lowest BCUT2D eigenvalue weighted by molar-refractivity contribution is 0.836. The Morgan fingerprint density at radius 2 is 2.09 bits per heavy atom. The minimum atomic E-state index is 0.494.